The van der Waals surface area contributed by atoms with Crippen LogP contribution in [0.15, 0.2) is 59.4 Å². The molecule has 20 heavy (non-hydrogen) atoms. The van der Waals surface area contributed by atoms with E-state index in [2.05, 4.69) is 11.1 Å². The van der Waals surface area contributed by atoms with Crippen molar-refractivity contribution in [1.29, 1.82) is 0 Å². The number of hydrogen-bond donors (Lipinski definition) is 0. The van der Waals surface area contributed by atoms with E-state index in [4.69, 9.17) is 0 Å². The molecule has 0 bridgehead atoms. The van der Waals surface area contributed by atoms with Crippen LogP contribution in [0.25, 0.3) is 27.8 Å². The minimum absolute atomic E-state index is 0.0392. The lowest BCUT2D eigenvalue weighted by Gasteiger charge is -2.02. The van der Waals surface area contributed by atoms with Crippen LogP contribution in [0.1, 0.15) is 5.56 Å². The Morgan fingerprint density at radius 2 is 1.80 bits per heavy atom. The normalized spacial score (nSPS) is 11.4. The molecule has 0 unspecified atom stereocenters. The summed E-state index contributed by atoms with van der Waals surface area (Å²) < 4.78 is 1.71. The topological polar surface area (TPSA) is 34.4 Å². The number of imidazole rings is 1. The number of rotatable bonds is 1. The molecule has 0 amide bonds. The van der Waals surface area contributed by atoms with Crippen LogP contribution in [0.3, 0.4) is 0 Å². The fourth-order valence-corrected chi connectivity index (χ4v) is 2.74. The van der Waals surface area contributed by atoms with E-state index in [1.807, 2.05) is 49.4 Å². The van der Waals surface area contributed by atoms with Gasteiger partial charge < -0.3 is 0 Å². The summed E-state index contributed by atoms with van der Waals surface area (Å²) in [6, 6.07) is 17.4. The first-order valence-electron chi connectivity index (χ1n) is 6.55. The average molecular weight is 260 g/mol. The van der Waals surface area contributed by atoms with Gasteiger partial charge in [-0.05, 0) is 30.7 Å². The van der Waals surface area contributed by atoms with E-state index in [0.29, 0.717) is 5.82 Å². The lowest BCUT2D eigenvalue weighted by Crippen LogP contribution is -2.11. The number of aryl methyl sites for hydroxylation is 1. The van der Waals surface area contributed by atoms with Crippen LogP contribution < -0.4 is 5.56 Å². The van der Waals surface area contributed by atoms with Crippen LogP contribution in [0.5, 0.6) is 0 Å². The van der Waals surface area contributed by atoms with Gasteiger partial charge in [-0.1, -0.05) is 30.3 Å². The van der Waals surface area contributed by atoms with Gasteiger partial charge in [-0.25, -0.2) is 4.98 Å². The Balaban J connectivity index is 2.23. The first-order valence-corrected chi connectivity index (χ1v) is 6.55. The lowest BCUT2D eigenvalue weighted by atomic mass is 10.1. The zero-order valence-corrected chi connectivity index (χ0v) is 11.0. The number of benzene rings is 2. The van der Waals surface area contributed by atoms with Crippen LogP contribution in [0, 0.1) is 6.92 Å². The molecule has 0 aliphatic rings. The fourth-order valence-electron chi connectivity index (χ4n) is 2.74. The Morgan fingerprint density at radius 1 is 1.00 bits per heavy atom. The van der Waals surface area contributed by atoms with Crippen LogP contribution in [0.4, 0.5) is 0 Å². The molecule has 0 saturated carbocycles. The van der Waals surface area contributed by atoms with Crippen molar-refractivity contribution in [3.8, 4) is 11.4 Å². The van der Waals surface area contributed by atoms with Crippen LogP contribution >= 0.6 is 0 Å². The lowest BCUT2D eigenvalue weighted by molar-refractivity contribution is 1.11. The molecule has 0 N–H and O–H groups in total. The van der Waals surface area contributed by atoms with Gasteiger partial charge in [-0.3, -0.25) is 9.20 Å². The van der Waals surface area contributed by atoms with Crippen LogP contribution in [-0.2, 0) is 0 Å². The largest absolute Gasteiger partial charge is 0.269 e. The third-order valence-corrected chi connectivity index (χ3v) is 3.58. The standard InChI is InChI=1S/C17H12N2O/c1-11-9-13-7-8-15(20)19-16(13)14(10-11)18-17(19)12-5-3-2-4-6-12/h2-10H,1H3. The van der Waals surface area contributed by atoms with Crippen LogP contribution in [0.2, 0.25) is 0 Å². The van der Waals surface area contributed by atoms with Crippen molar-refractivity contribution >= 4 is 16.4 Å². The predicted molar refractivity (Wildman–Crippen MR) is 80.3 cm³/mol. The quantitative estimate of drug-likeness (QED) is 0.526. The van der Waals surface area contributed by atoms with Crippen LogP contribution in [-0.4, -0.2) is 9.38 Å². The van der Waals surface area contributed by atoms with E-state index < -0.39 is 0 Å². The summed E-state index contributed by atoms with van der Waals surface area (Å²) in [6.45, 7) is 2.04. The maximum atomic E-state index is 12.2. The molecule has 2 aromatic heterocycles. The third kappa shape index (κ3) is 1.46. The Labute approximate surface area is 115 Å². The second kappa shape index (κ2) is 3.90. The monoisotopic (exact) mass is 260 g/mol. The predicted octanol–water partition coefficient (Wildman–Crippen LogP) is 3.26. The number of hydrogen-bond acceptors (Lipinski definition) is 2. The highest BCUT2D eigenvalue weighted by molar-refractivity contribution is 5.96. The van der Waals surface area contributed by atoms with Gasteiger partial charge in [-0.2, -0.15) is 0 Å². The molecule has 2 aromatic carbocycles. The Bertz CT molecular complexity index is 971. The maximum absolute atomic E-state index is 12.2. The van der Waals surface area contributed by atoms with Crippen molar-refractivity contribution in [2.24, 2.45) is 0 Å². The molecule has 0 atom stereocenters. The highest BCUT2D eigenvalue weighted by Gasteiger charge is 2.14. The Hall–Kier alpha value is -2.68. The molecule has 0 spiro atoms. The van der Waals surface area contributed by atoms with Gasteiger partial charge in [-0.15, -0.1) is 0 Å². The molecular formula is C17H12N2O. The van der Waals surface area contributed by atoms with Crippen molar-refractivity contribution in [3.63, 3.8) is 0 Å². The highest BCUT2D eigenvalue weighted by atomic mass is 16.1. The molecule has 0 aliphatic carbocycles. The molecule has 0 fully saturated rings. The van der Waals surface area contributed by atoms with E-state index in [9.17, 15) is 4.79 Å². The van der Waals surface area contributed by atoms with Gasteiger partial charge in [0, 0.05) is 17.0 Å². The second-order valence-electron chi connectivity index (χ2n) is 5.03. The maximum Gasteiger partial charge on any atom is 0.256 e. The molecule has 0 saturated heterocycles. The van der Waals surface area contributed by atoms with Crippen molar-refractivity contribution < 1.29 is 0 Å². The molecule has 4 rings (SSSR count). The average Bonchev–Trinajstić information content (AvgIpc) is 2.84. The molecule has 4 aromatic rings. The number of pyridine rings is 1. The van der Waals surface area contributed by atoms with Gasteiger partial charge in [0.15, 0.2) is 0 Å². The van der Waals surface area contributed by atoms with E-state index in [0.717, 1.165) is 27.5 Å². The van der Waals surface area contributed by atoms with Gasteiger partial charge in [0.2, 0.25) is 0 Å². The number of nitrogens with zero attached hydrogens (tertiary/aromatic N) is 2. The van der Waals surface area contributed by atoms with E-state index in [1.165, 1.54) is 0 Å². The molecule has 0 aliphatic heterocycles. The van der Waals surface area contributed by atoms with Crippen molar-refractivity contribution in [3.05, 3.63) is 70.5 Å². The second-order valence-corrected chi connectivity index (χ2v) is 5.03. The summed E-state index contributed by atoms with van der Waals surface area (Å²) in [5.41, 5.74) is 3.84. The smallest absolute Gasteiger partial charge is 0.256 e. The minimum atomic E-state index is -0.0392. The number of aromatic nitrogens is 2. The zero-order chi connectivity index (χ0) is 13.7. The van der Waals surface area contributed by atoms with E-state index in [-0.39, 0.29) is 5.56 Å². The molecular weight excluding hydrogens is 248 g/mol. The highest BCUT2D eigenvalue weighted by Crippen LogP contribution is 2.26. The SMILES string of the molecule is Cc1cc2ccc(=O)n3c(-c4ccccc4)nc(c1)c23. The Morgan fingerprint density at radius 3 is 2.60 bits per heavy atom. The summed E-state index contributed by atoms with van der Waals surface area (Å²) in [5, 5.41) is 1.05. The van der Waals surface area contributed by atoms with E-state index >= 15 is 0 Å². The summed E-state index contributed by atoms with van der Waals surface area (Å²) in [4.78, 5) is 16.9. The van der Waals surface area contributed by atoms with Gasteiger partial charge in [0.05, 0.1) is 11.0 Å². The summed E-state index contributed by atoms with van der Waals surface area (Å²) in [7, 11) is 0. The minimum Gasteiger partial charge on any atom is -0.269 e. The fraction of sp³-hybridized carbons (Fsp3) is 0.0588. The molecule has 0 radical (unpaired) electrons. The van der Waals surface area contributed by atoms with Gasteiger partial charge in [0.1, 0.15) is 5.82 Å². The zero-order valence-electron chi connectivity index (χ0n) is 11.0. The molecule has 3 nitrogen and oxygen atoms in total. The van der Waals surface area contributed by atoms with Crippen molar-refractivity contribution in [2.45, 2.75) is 6.92 Å². The van der Waals surface area contributed by atoms with Crippen molar-refractivity contribution in [1.82, 2.24) is 9.38 Å². The summed E-state index contributed by atoms with van der Waals surface area (Å²) in [5.74, 6) is 0.710. The van der Waals surface area contributed by atoms with Gasteiger partial charge in [0.25, 0.3) is 5.56 Å². The summed E-state index contributed by atoms with van der Waals surface area (Å²) >= 11 is 0. The Kier molecular flexibility index (Phi) is 2.18. The van der Waals surface area contributed by atoms with Gasteiger partial charge >= 0.3 is 0 Å². The molecule has 2 heterocycles. The van der Waals surface area contributed by atoms with E-state index in [1.54, 1.807) is 10.5 Å². The first kappa shape index (κ1) is 11.2. The first-order chi connectivity index (χ1) is 9.74. The summed E-state index contributed by atoms with van der Waals surface area (Å²) in [6.07, 6.45) is 0. The third-order valence-electron chi connectivity index (χ3n) is 3.58. The molecule has 96 valence electrons. The van der Waals surface area contributed by atoms with Crippen molar-refractivity contribution in [2.75, 3.05) is 0 Å². The molecule has 3 heteroatoms.